The Morgan fingerprint density at radius 1 is 1.09 bits per heavy atom. The molecular weight excluding hydrogens is 278 g/mol. The Hall–Kier alpha value is -1.84. The van der Waals surface area contributed by atoms with Crippen molar-refractivity contribution in [2.45, 2.75) is 52.0 Å². The van der Waals surface area contributed by atoms with E-state index in [9.17, 15) is 9.59 Å². The summed E-state index contributed by atoms with van der Waals surface area (Å²) >= 11 is 0. The number of amides is 1. The van der Waals surface area contributed by atoms with Gasteiger partial charge in [0.15, 0.2) is 0 Å². The van der Waals surface area contributed by atoms with Crippen LogP contribution in [-0.4, -0.2) is 23.5 Å². The smallest absolute Gasteiger partial charge is 0.376 e. The molecule has 1 amide bonds. The van der Waals surface area contributed by atoms with Crippen LogP contribution in [0.1, 0.15) is 50.2 Å². The van der Waals surface area contributed by atoms with Gasteiger partial charge in [0.05, 0.1) is 5.41 Å². The van der Waals surface area contributed by atoms with Gasteiger partial charge in [-0.2, -0.15) is 0 Å². The van der Waals surface area contributed by atoms with Crippen LogP contribution in [0.2, 0.25) is 0 Å². The van der Waals surface area contributed by atoms with Gasteiger partial charge in [0.2, 0.25) is 0 Å². The van der Waals surface area contributed by atoms with Crippen molar-refractivity contribution in [1.82, 2.24) is 4.90 Å². The molecule has 0 saturated heterocycles. The zero-order chi connectivity index (χ0) is 15.6. The summed E-state index contributed by atoms with van der Waals surface area (Å²) < 4.78 is 5.20. The highest BCUT2D eigenvalue weighted by molar-refractivity contribution is 5.88. The van der Waals surface area contributed by atoms with E-state index in [2.05, 4.69) is 6.07 Å². The number of esters is 1. The van der Waals surface area contributed by atoms with E-state index in [-0.39, 0.29) is 5.97 Å². The number of hydrogen-bond acceptors (Lipinski definition) is 3. The molecule has 1 saturated carbocycles. The van der Waals surface area contributed by atoms with Crippen LogP contribution in [0.15, 0.2) is 24.3 Å². The van der Waals surface area contributed by atoms with Gasteiger partial charge in [-0.25, -0.2) is 4.79 Å². The second-order valence-corrected chi connectivity index (χ2v) is 6.72. The molecule has 0 radical (unpaired) electrons. The highest BCUT2D eigenvalue weighted by atomic mass is 16.6. The van der Waals surface area contributed by atoms with Crippen molar-refractivity contribution in [2.75, 3.05) is 6.54 Å². The molecule has 0 unspecified atom stereocenters. The molecule has 2 aliphatic rings. The fourth-order valence-corrected chi connectivity index (χ4v) is 3.45. The lowest BCUT2D eigenvalue weighted by Crippen LogP contribution is -2.41. The van der Waals surface area contributed by atoms with Gasteiger partial charge >= 0.3 is 12.1 Å². The first-order valence-electron chi connectivity index (χ1n) is 8.16. The lowest BCUT2D eigenvalue weighted by atomic mass is 9.76. The Morgan fingerprint density at radius 2 is 1.77 bits per heavy atom. The zero-order valence-electron chi connectivity index (χ0n) is 13.1. The molecule has 3 rings (SSSR count). The van der Waals surface area contributed by atoms with Crippen molar-refractivity contribution in [1.29, 1.82) is 0 Å². The summed E-state index contributed by atoms with van der Waals surface area (Å²) in [5.41, 5.74) is 1.93. The standard InChI is InChI=1S/C18H23NO3/c1-18(10-5-2-6-11-18)16(20)22-17(21)19-12-9-14-7-3-4-8-15(14)13-19/h3-4,7-8H,2,5-6,9-13H2,1H3. The molecule has 1 aromatic rings. The third kappa shape index (κ3) is 3.01. The average Bonchev–Trinajstić information content (AvgIpc) is 2.55. The number of nitrogens with zero attached hydrogens (tertiary/aromatic N) is 1. The number of carbonyl (C=O) groups is 2. The first-order valence-corrected chi connectivity index (χ1v) is 8.16. The molecule has 4 nitrogen and oxygen atoms in total. The first kappa shape index (κ1) is 15.1. The van der Waals surface area contributed by atoms with Crippen LogP contribution in [0.3, 0.4) is 0 Å². The van der Waals surface area contributed by atoms with E-state index in [0.717, 1.165) is 37.7 Å². The summed E-state index contributed by atoms with van der Waals surface area (Å²) in [6.07, 6.45) is 5.21. The predicted molar refractivity (Wildman–Crippen MR) is 83.2 cm³/mol. The Labute approximate surface area is 131 Å². The fourth-order valence-electron chi connectivity index (χ4n) is 3.45. The van der Waals surface area contributed by atoms with E-state index in [1.165, 1.54) is 12.0 Å². The monoisotopic (exact) mass is 301 g/mol. The molecule has 1 fully saturated rings. The van der Waals surface area contributed by atoms with E-state index in [0.29, 0.717) is 13.1 Å². The minimum Gasteiger partial charge on any atom is -0.376 e. The van der Waals surface area contributed by atoms with E-state index in [4.69, 9.17) is 4.74 Å². The van der Waals surface area contributed by atoms with Crippen molar-refractivity contribution in [3.05, 3.63) is 35.4 Å². The van der Waals surface area contributed by atoms with Gasteiger partial charge in [-0.1, -0.05) is 43.5 Å². The molecular formula is C18H23NO3. The maximum absolute atomic E-state index is 12.3. The Kier molecular flexibility index (Phi) is 4.19. The summed E-state index contributed by atoms with van der Waals surface area (Å²) in [5, 5.41) is 0. The number of benzene rings is 1. The lowest BCUT2D eigenvalue weighted by molar-refractivity contribution is -0.151. The summed E-state index contributed by atoms with van der Waals surface area (Å²) in [6.45, 7) is 3.06. The Balaban J connectivity index is 1.62. The third-order valence-corrected chi connectivity index (χ3v) is 5.02. The molecule has 22 heavy (non-hydrogen) atoms. The second kappa shape index (κ2) is 6.11. The summed E-state index contributed by atoms with van der Waals surface area (Å²) in [5.74, 6) is -0.351. The average molecular weight is 301 g/mol. The van der Waals surface area contributed by atoms with Crippen LogP contribution in [0.5, 0.6) is 0 Å². The van der Waals surface area contributed by atoms with Crippen LogP contribution in [0.4, 0.5) is 4.79 Å². The lowest BCUT2D eigenvalue weighted by Gasteiger charge is -2.32. The van der Waals surface area contributed by atoms with Crippen LogP contribution in [0, 0.1) is 5.41 Å². The van der Waals surface area contributed by atoms with Crippen LogP contribution >= 0.6 is 0 Å². The molecule has 1 aliphatic carbocycles. The normalized spacial score (nSPS) is 20.1. The topological polar surface area (TPSA) is 46.6 Å². The summed E-state index contributed by atoms with van der Waals surface area (Å²) in [6, 6.07) is 8.10. The zero-order valence-corrected chi connectivity index (χ0v) is 13.1. The van der Waals surface area contributed by atoms with Gasteiger partial charge < -0.3 is 9.64 Å². The van der Waals surface area contributed by atoms with Crippen molar-refractivity contribution < 1.29 is 14.3 Å². The largest absolute Gasteiger partial charge is 0.417 e. The Bertz CT molecular complexity index is 575. The summed E-state index contributed by atoms with van der Waals surface area (Å²) in [7, 11) is 0. The SMILES string of the molecule is CC1(C(=O)OC(=O)N2CCc3ccccc3C2)CCCCC1. The van der Waals surface area contributed by atoms with Crippen molar-refractivity contribution in [3.8, 4) is 0 Å². The predicted octanol–water partition coefficient (Wildman–Crippen LogP) is 3.68. The minimum absolute atomic E-state index is 0.351. The number of ether oxygens (including phenoxy) is 1. The Morgan fingerprint density at radius 3 is 2.50 bits per heavy atom. The van der Waals surface area contributed by atoms with Gasteiger partial charge in [0, 0.05) is 13.1 Å². The second-order valence-electron chi connectivity index (χ2n) is 6.72. The fraction of sp³-hybridized carbons (Fsp3) is 0.556. The van der Waals surface area contributed by atoms with Crippen LogP contribution < -0.4 is 0 Å². The maximum Gasteiger partial charge on any atom is 0.417 e. The molecule has 1 heterocycles. The maximum atomic E-state index is 12.3. The van der Waals surface area contributed by atoms with E-state index >= 15 is 0 Å². The van der Waals surface area contributed by atoms with Crippen molar-refractivity contribution in [2.24, 2.45) is 5.41 Å². The van der Waals surface area contributed by atoms with E-state index < -0.39 is 11.5 Å². The summed E-state index contributed by atoms with van der Waals surface area (Å²) in [4.78, 5) is 26.3. The molecule has 0 spiro atoms. The number of rotatable bonds is 1. The molecule has 1 aromatic carbocycles. The molecule has 0 bridgehead atoms. The van der Waals surface area contributed by atoms with Crippen molar-refractivity contribution in [3.63, 3.8) is 0 Å². The molecule has 4 heteroatoms. The van der Waals surface area contributed by atoms with Gasteiger partial charge in [-0.3, -0.25) is 4.79 Å². The molecule has 118 valence electrons. The molecule has 0 aromatic heterocycles. The van der Waals surface area contributed by atoms with Crippen LogP contribution in [0.25, 0.3) is 0 Å². The van der Waals surface area contributed by atoms with Gasteiger partial charge in [0.1, 0.15) is 0 Å². The minimum atomic E-state index is -0.494. The van der Waals surface area contributed by atoms with Crippen molar-refractivity contribution >= 4 is 12.1 Å². The highest BCUT2D eigenvalue weighted by Gasteiger charge is 2.38. The number of fused-ring (bicyclic) bond motifs is 1. The van der Waals surface area contributed by atoms with E-state index in [1.807, 2.05) is 25.1 Å². The first-order chi connectivity index (χ1) is 10.6. The molecule has 1 aliphatic heterocycles. The van der Waals surface area contributed by atoms with Gasteiger partial charge in [-0.05, 0) is 37.3 Å². The van der Waals surface area contributed by atoms with Crippen LogP contribution in [-0.2, 0) is 22.5 Å². The van der Waals surface area contributed by atoms with Gasteiger partial charge in [0.25, 0.3) is 0 Å². The number of hydrogen-bond donors (Lipinski definition) is 0. The highest BCUT2D eigenvalue weighted by Crippen LogP contribution is 2.37. The quantitative estimate of drug-likeness (QED) is 0.587. The molecule has 0 atom stereocenters. The van der Waals surface area contributed by atoms with Gasteiger partial charge in [-0.15, -0.1) is 0 Å². The number of carbonyl (C=O) groups excluding carboxylic acids is 2. The third-order valence-electron chi connectivity index (χ3n) is 5.02. The molecule has 0 N–H and O–H groups in total. The van der Waals surface area contributed by atoms with E-state index in [1.54, 1.807) is 4.90 Å².